The number of rotatable bonds is 6. The third-order valence-corrected chi connectivity index (χ3v) is 4.64. The van der Waals surface area contributed by atoms with E-state index in [1.807, 2.05) is 50.2 Å². The molecule has 0 aliphatic rings. The third kappa shape index (κ3) is 11.1. The monoisotopic (exact) mass is 510 g/mol. The molecular weight excluding hydrogens is 479 g/mol. The molecule has 0 saturated carbocycles. The number of ether oxygens (including phenoxy) is 1. The van der Waals surface area contributed by atoms with Crippen LogP contribution in [0.3, 0.4) is 0 Å². The lowest BCUT2D eigenvalue weighted by Crippen LogP contribution is -1.89. The van der Waals surface area contributed by atoms with Gasteiger partial charge >= 0.3 is 0 Å². The quantitative estimate of drug-likeness (QED) is 0.185. The molecule has 0 aliphatic heterocycles. The Hall–Kier alpha value is -4.70. The first kappa shape index (κ1) is 30.3. The fourth-order valence-corrected chi connectivity index (χ4v) is 2.97. The van der Waals surface area contributed by atoms with Crippen molar-refractivity contribution >= 4 is 24.6 Å². The fourth-order valence-electron chi connectivity index (χ4n) is 2.97. The lowest BCUT2D eigenvalue weighted by Gasteiger charge is -2.07. The van der Waals surface area contributed by atoms with Gasteiger partial charge in [-0.1, -0.05) is 6.07 Å². The van der Waals surface area contributed by atoms with Crippen LogP contribution < -0.4 is 16.2 Å². The molecule has 0 spiro atoms. The van der Waals surface area contributed by atoms with E-state index in [0.717, 1.165) is 41.1 Å². The molecule has 2 aromatic heterocycles. The molecule has 2 heterocycles. The van der Waals surface area contributed by atoms with Crippen LogP contribution in [0.1, 0.15) is 17.5 Å². The number of hydrogen-bond donors (Lipinski definition) is 5. The second-order valence-electron chi connectivity index (χ2n) is 7.43. The number of aliphatic hydroxyl groups excluding tert-OH is 1. The lowest BCUT2D eigenvalue weighted by atomic mass is 10.1. The van der Waals surface area contributed by atoms with Gasteiger partial charge in [0.15, 0.2) is 0 Å². The number of nitrogens with one attached hydrogen (secondary N) is 1. The molecule has 0 amide bonds. The molecule has 4 aromatic rings. The number of nitrogens with zero attached hydrogens (tertiary/aromatic N) is 1. The van der Waals surface area contributed by atoms with Crippen molar-refractivity contribution in [2.45, 2.75) is 19.8 Å². The first-order chi connectivity index (χ1) is 17.9. The molecular formula is C27H31FN4O5. The highest BCUT2D eigenvalue weighted by Crippen LogP contribution is 2.26. The molecule has 0 unspecified atom stereocenters. The number of benzene rings is 2. The molecule has 9 nitrogen and oxygen atoms in total. The van der Waals surface area contributed by atoms with Crippen LogP contribution >= 0.6 is 0 Å². The van der Waals surface area contributed by atoms with Crippen LogP contribution in [-0.4, -0.2) is 40.0 Å². The SMILES string of the molecule is C=O.Cc1ccc(F)c(N)c1.Nc1ccc(Oc2ccnc(-c3cc(CCCO)c[nH]3)c2)cc1.O=CO. The molecule has 37 heavy (non-hydrogen) atoms. The van der Waals surface area contributed by atoms with Crippen LogP contribution in [0.25, 0.3) is 11.4 Å². The minimum atomic E-state index is -0.347. The van der Waals surface area contributed by atoms with Gasteiger partial charge in [0, 0.05) is 30.8 Å². The van der Waals surface area contributed by atoms with Crippen LogP contribution in [0.15, 0.2) is 73.1 Å². The highest BCUT2D eigenvalue weighted by Gasteiger charge is 2.06. The first-order valence-electron chi connectivity index (χ1n) is 11.0. The number of halogens is 1. The van der Waals surface area contributed by atoms with Gasteiger partial charge in [0.1, 0.15) is 24.1 Å². The Balaban J connectivity index is 0.000000406. The number of hydrogen-bond acceptors (Lipinski definition) is 7. The van der Waals surface area contributed by atoms with E-state index in [2.05, 4.69) is 9.97 Å². The average molecular weight is 511 g/mol. The van der Waals surface area contributed by atoms with Crippen molar-refractivity contribution in [1.82, 2.24) is 9.97 Å². The normalized spacial score (nSPS) is 9.38. The summed E-state index contributed by atoms with van der Waals surface area (Å²) in [7, 11) is 0. The number of aromatic nitrogens is 2. The number of anilines is 2. The van der Waals surface area contributed by atoms with Gasteiger partial charge in [-0.25, -0.2) is 4.39 Å². The van der Waals surface area contributed by atoms with Crippen LogP contribution in [0, 0.1) is 12.7 Å². The minimum Gasteiger partial charge on any atom is -0.483 e. The van der Waals surface area contributed by atoms with E-state index in [-0.39, 0.29) is 24.6 Å². The third-order valence-electron chi connectivity index (χ3n) is 4.64. The predicted octanol–water partition coefficient (Wildman–Crippen LogP) is 4.61. The highest BCUT2D eigenvalue weighted by atomic mass is 19.1. The van der Waals surface area contributed by atoms with E-state index in [1.165, 1.54) is 6.07 Å². The zero-order valence-electron chi connectivity index (χ0n) is 20.4. The molecule has 0 radical (unpaired) electrons. The van der Waals surface area contributed by atoms with Gasteiger partial charge in [0.2, 0.25) is 0 Å². The summed E-state index contributed by atoms with van der Waals surface area (Å²) in [6.07, 6.45) is 5.26. The number of nitrogen functional groups attached to an aromatic ring is 2. The number of aromatic amines is 1. The van der Waals surface area contributed by atoms with Crippen LogP contribution in [-0.2, 0) is 16.0 Å². The van der Waals surface area contributed by atoms with Gasteiger partial charge in [0.05, 0.1) is 17.1 Å². The van der Waals surface area contributed by atoms with Crippen molar-refractivity contribution in [1.29, 1.82) is 0 Å². The number of H-pyrrole nitrogens is 1. The number of carboxylic acid groups (broad SMARTS) is 1. The molecule has 0 saturated heterocycles. The van der Waals surface area contributed by atoms with E-state index < -0.39 is 0 Å². The number of aryl methyl sites for hydroxylation is 2. The van der Waals surface area contributed by atoms with Crippen LogP contribution in [0.5, 0.6) is 11.5 Å². The van der Waals surface area contributed by atoms with E-state index >= 15 is 0 Å². The fraction of sp³-hybridized carbons (Fsp3) is 0.148. The van der Waals surface area contributed by atoms with Gasteiger partial charge in [-0.3, -0.25) is 9.78 Å². The number of pyridine rings is 1. The van der Waals surface area contributed by atoms with Crippen LogP contribution in [0.4, 0.5) is 15.8 Å². The summed E-state index contributed by atoms with van der Waals surface area (Å²) in [6, 6.07) is 17.7. The average Bonchev–Trinajstić information content (AvgIpc) is 3.38. The summed E-state index contributed by atoms with van der Waals surface area (Å²) in [6.45, 7) is 3.82. The van der Waals surface area contributed by atoms with Gasteiger partial charge in [-0.15, -0.1) is 0 Å². The topological polar surface area (TPSA) is 165 Å². The zero-order chi connectivity index (χ0) is 27.6. The number of aliphatic hydroxyl groups is 1. The second-order valence-corrected chi connectivity index (χ2v) is 7.43. The molecule has 0 atom stereocenters. The predicted molar refractivity (Wildman–Crippen MR) is 142 cm³/mol. The van der Waals surface area contributed by atoms with Crippen molar-refractivity contribution in [2.75, 3.05) is 18.1 Å². The number of carbonyl (C=O) groups excluding carboxylic acids is 1. The van der Waals surface area contributed by atoms with E-state index in [0.29, 0.717) is 11.4 Å². The maximum absolute atomic E-state index is 12.4. The first-order valence-corrected chi connectivity index (χ1v) is 11.0. The summed E-state index contributed by atoms with van der Waals surface area (Å²) in [5.74, 6) is 1.10. The van der Waals surface area contributed by atoms with Gasteiger partial charge in [-0.05, 0) is 79.4 Å². The molecule has 4 rings (SSSR count). The maximum Gasteiger partial charge on any atom is 0.290 e. The Morgan fingerprint density at radius 2 is 1.73 bits per heavy atom. The molecule has 2 aromatic carbocycles. The molecule has 7 N–H and O–H groups in total. The smallest absolute Gasteiger partial charge is 0.290 e. The van der Waals surface area contributed by atoms with E-state index in [9.17, 15) is 4.39 Å². The van der Waals surface area contributed by atoms with Crippen molar-refractivity contribution in [3.8, 4) is 22.9 Å². The van der Waals surface area contributed by atoms with Crippen LogP contribution in [0.2, 0.25) is 0 Å². The Bertz CT molecular complexity index is 1220. The zero-order valence-corrected chi connectivity index (χ0v) is 20.4. The van der Waals surface area contributed by atoms with E-state index in [1.54, 1.807) is 30.5 Å². The second kappa shape index (κ2) is 16.8. The van der Waals surface area contributed by atoms with Crippen molar-refractivity contribution in [3.05, 3.63) is 90.0 Å². The number of carbonyl (C=O) groups is 2. The van der Waals surface area contributed by atoms with Gasteiger partial charge in [-0.2, -0.15) is 0 Å². The summed E-state index contributed by atoms with van der Waals surface area (Å²) >= 11 is 0. The van der Waals surface area contributed by atoms with Crippen molar-refractivity contribution < 1.29 is 28.9 Å². The lowest BCUT2D eigenvalue weighted by molar-refractivity contribution is -0.122. The minimum absolute atomic E-state index is 0.198. The Kier molecular flexibility index (Phi) is 13.8. The van der Waals surface area contributed by atoms with E-state index in [4.69, 9.17) is 36.0 Å². The Morgan fingerprint density at radius 3 is 2.32 bits per heavy atom. The summed E-state index contributed by atoms with van der Waals surface area (Å²) in [5.41, 5.74) is 15.7. The maximum atomic E-state index is 12.4. The van der Waals surface area contributed by atoms with Gasteiger partial charge in [0.25, 0.3) is 6.47 Å². The highest BCUT2D eigenvalue weighted by molar-refractivity contribution is 5.58. The van der Waals surface area contributed by atoms with Crippen molar-refractivity contribution in [2.24, 2.45) is 0 Å². The Labute approximate surface area is 214 Å². The number of nitrogens with two attached hydrogens (primary N) is 2. The summed E-state index contributed by atoms with van der Waals surface area (Å²) < 4.78 is 18.2. The molecule has 0 aliphatic carbocycles. The largest absolute Gasteiger partial charge is 0.483 e. The molecule has 0 fully saturated rings. The standard InChI is InChI=1S/C18H19N3O2.C7H8FN.CH2O2.CH2O/c19-14-3-5-15(6-4-14)23-16-7-8-20-18(11-16)17-10-13(12-21-17)2-1-9-22;1-5-2-3-6(8)7(9)4-5;2-1-3;1-2/h3-8,10-12,21-22H,1-2,9,19H2;2-4H,9H2,1H3;1H,(H,2,3);1H2. The molecule has 10 heteroatoms. The molecule has 196 valence electrons. The summed E-state index contributed by atoms with van der Waals surface area (Å²) in [4.78, 5) is 24.0. The van der Waals surface area contributed by atoms with Crippen molar-refractivity contribution in [3.63, 3.8) is 0 Å². The molecule has 0 bridgehead atoms. The Morgan fingerprint density at radius 1 is 1.05 bits per heavy atom. The van der Waals surface area contributed by atoms with Gasteiger partial charge < -0.3 is 36.2 Å². The summed E-state index contributed by atoms with van der Waals surface area (Å²) in [5, 5.41) is 15.8.